The number of carbonyl (C=O) groups is 1. The van der Waals surface area contributed by atoms with Gasteiger partial charge in [-0.25, -0.2) is 4.98 Å². The van der Waals surface area contributed by atoms with E-state index in [1.54, 1.807) is 23.9 Å². The van der Waals surface area contributed by atoms with Gasteiger partial charge in [0.1, 0.15) is 5.75 Å². The first kappa shape index (κ1) is 18.7. The molecule has 1 amide bonds. The first-order valence-corrected chi connectivity index (χ1v) is 10.7. The van der Waals surface area contributed by atoms with Crippen molar-refractivity contribution in [3.05, 3.63) is 48.0 Å². The molecule has 0 fully saturated rings. The van der Waals surface area contributed by atoms with Crippen LogP contribution in [0.2, 0.25) is 0 Å². The molecule has 1 heterocycles. The zero-order valence-electron chi connectivity index (χ0n) is 15.0. The van der Waals surface area contributed by atoms with Crippen molar-refractivity contribution in [1.29, 1.82) is 0 Å². The molecule has 0 aliphatic rings. The van der Waals surface area contributed by atoms with Gasteiger partial charge >= 0.3 is 0 Å². The maximum atomic E-state index is 12.4. The highest BCUT2D eigenvalue weighted by Crippen LogP contribution is 2.29. The number of aromatic nitrogens is 1. The summed E-state index contributed by atoms with van der Waals surface area (Å²) in [6.45, 7) is 2.88. The molecule has 1 aromatic heterocycles. The molecule has 0 unspecified atom stereocenters. The third kappa shape index (κ3) is 4.77. The number of thioether (sulfide) groups is 1. The lowest BCUT2D eigenvalue weighted by Gasteiger charge is -2.06. The first-order chi connectivity index (χ1) is 12.7. The van der Waals surface area contributed by atoms with Crippen LogP contribution in [0.5, 0.6) is 5.75 Å². The molecule has 0 aliphatic heterocycles. The predicted molar refractivity (Wildman–Crippen MR) is 111 cm³/mol. The minimum absolute atomic E-state index is 0.160. The zero-order chi connectivity index (χ0) is 18.4. The molecule has 0 spiro atoms. The summed E-state index contributed by atoms with van der Waals surface area (Å²) in [6.07, 6.45) is 5.44. The van der Waals surface area contributed by atoms with Crippen LogP contribution in [-0.4, -0.2) is 23.8 Å². The van der Waals surface area contributed by atoms with Crippen molar-refractivity contribution >= 4 is 44.4 Å². The summed E-state index contributed by atoms with van der Waals surface area (Å²) in [5.74, 6) is 0.633. The average molecular weight is 387 g/mol. The van der Waals surface area contributed by atoms with E-state index in [1.807, 2.05) is 30.5 Å². The SMILES string of the molecule is CCCCCOc1ccc(C(=O)Nc2nc3ccc(SC)cc3s2)cc1. The predicted octanol–water partition coefficient (Wildman–Crippen LogP) is 5.84. The fraction of sp³-hybridized carbons (Fsp3) is 0.300. The maximum Gasteiger partial charge on any atom is 0.257 e. The molecule has 26 heavy (non-hydrogen) atoms. The lowest BCUT2D eigenvalue weighted by atomic mass is 10.2. The van der Waals surface area contributed by atoms with E-state index < -0.39 is 0 Å². The average Bonchev–Trinajstić information content (AvgIpc) is 3.06. The van der Waals surface area contributed by atoms with Crippen molar-refractivity contribution in [2.24, 2.45) is 0 Å². The molecule has 136 valence electrons. The molecule has 4 nitrogen and oxygen atoms in total. The molecule has 0 saturated carbocycles. The molecule has 0 aliphatic carbocycles. The van der Waals surface area contributed by atoms with Crippen molar-refractivity contribution in [3.8, 4) is 5.75 Å². The summed E-state index contributed by atoms with van der Waals surface area (Å²) in [5, 5.41) is 3.50. The second kappa shape index (κ2) is 9.05. The number of hydrogen-bond donors (Lipinski definition) is 1. The van der Waals surface area contributed by atoms with Crippen LogP contribution in [0, 0.1) is 0 Å². The Hall–Kier alpha value is -2.05. The molecule has 2 aromatic carbocycles. The number of anilines is 1. The number of thiazole rings is 1. The highest BCUT2D eigenvalue weighted by Gasteiger charge is 2.10. The van der Waals surface area contributed by atoms with Crippen LogP contribution in [-0.2, 0) is 0 Å². The van der Waals surface area contributed by atoms with Crippen molar-refractivity contribution in [1.82, 2.24) is 4.98 Å². The van der Waals surface area contributed by atoms with E-state index in [4.69, 9.17) is 4.74 Å². The molecule has 0 saturated heterocycles. The van der Waals surface area contributed by atoms with Gasteiger partial charge in [-0.2, -0.15) is 0 Å². The highest BCUT2D eigenvalue weighted by molar-refractivity contribution is 7.98. The van der Waals surface area contributed by atoms with E-state index in [2.05, 4.69) is 23.3 Å². The fourth-order valence-corrected chi connectivity index (χ4v) is 3.91. The molecular formula is C20H22N2O2S2. The summed E-state index contributed by atoms with van der Waals surface area (Å²) in [4.78, 5) is 18.1. The standard InChI is InChI=1S/C20H22N2O2S2/c1-3-4-5-12-24-15-8-6-14(7-9-15)19(23)22-20-21-17-11-10-16(25-2)13-18(17)26-20/h6-11,13H,3-5,12H2,1-2H3,(H,21,22,23). The first-order valence-electron chi connectivity index (χ1n) is 8.68. The van der Waals surface area contributed by atoms with Gasteiger partial charge in [-0.1, -0.05) is 31.1 Å². The normalized spacial score (nSPS) is 10.8. The van der Waals surface area contributed by atoms with E-state index in [0.717, 1.165) is 22.4 Å². The van der Waals surface area contributed by atoms with Crippen LogP contribution >= 0.6 is 23.1 Å². The minimum atomic E-state index is -0.160. The van der Waals surface area contributed by atoms with Gasteiger partial charge in [-0.05, 0) is 55.1 Å². The minimum Gasteiger partial charge on any atom is -0.494 e. The number of nitrogens with one attached hydrogen (secondary N) is 1. The Labute approximate surface area is 162 Å². The molecule has 3 rings (SSSR count). The van der Waals surface area contributed by atoms with Gasteiger partial charge in [-0.15, -0.1) is 11.8 Å². The third-order valence-electron chi connectivity index (χ3n) is 3.95. The van der Waals surface area contributed by atoms with Crippen LogP contribution in [0.25, 0.3) is 10.2 Å². The van der Waals surface area contributed by atoms with Crippen LogP contribution < -0.4 is 10.1 Å². The van der Waals surface area contributed by atoms with E-state index in [0.29, 0.717) is 17.3 Å². The second-order valence-electron chi connectivity index (χ2n) is 5.89. The third-order valence-corrected chi connectivity index (χ3v) is 5.61. The number of amides is 1. The number of carbonyl (C=O) groups excluding carboxylic acids is 1. The summed E-state index contributed by atoms with van der Waals surface area (Å²) < 4.78 is 6.75. The lowest BCUT2D eigenvalue weighted by molar-refractivity contribution is 0.102. The van der Waals surface area contributed by atoms with Gasteiger partial charge < -0.3 is 4.74 Å². The van der Waals surface area contributed by atoms with Crippen LogP contribution in [0.3, 0.4) is 0 Å². The monoisotopic (exact) mass is 386 g/mol. The maximum absolute atomic E-state index is 12.4. The van der Waals surface area contributed by atoms with Crippen LogP contribution in [0.1, 0.15) is 36.5 Å². The number of unbranched alkanes of at least 4 members (excludes halogenated alkanes) is 2. The Kier molecular flexibility index (Phi) is 6.52. The quantitative estimate of drug-likeness (QED) is 0.390. The van der Waals surface area contributed by atoms with E-state index >= 15 is 0 Å². The van der Waals surface area contributed by atoms with Crippen LogP contribution in [0.4, 0.5) is 5.13 Å². The Morgan fingerprint density at radius 1 is 1.19 bits per heavy atom. The molecule has 0 atom stereocenters. The topological polar surface area (TPSA) is 51.2 Å². The Balaban J connectivity index is 1.62. The Bertz CT molecular complexity index is 875. The number of benzene rings is 2. The Morgan fingerprint density at radius 2 is 2.00 bits per heavy atom. The highest BCUT2D eigenvalue weighted by atomic mass is 32.2. The second-order valence-corrected chi connectivity index (χ2v) is 7.80. The largest absolute Gasteiger partial charge is 0.494 e. The number of fused-ring (bicyclic) bond motifs is 1. The van der Waals surface area contributed by atoms with Gasteiger partial charge in [-0.3, -0.25) is 10.1 Å². The van der Waals surface area contributed by atoms with Crippen molar-refractivity contribution < 1.29 is 9.53 Å². The summed E-state index contributed by atoms with van der Waals surface area (Å²) in [5.41, 5.74) is 1.49. The van der Waals surface area contributed by atoms with Gasteiger partial charge in [0.05, 0.1) is 16.8 Å². The smallest absolute Gasteiger partial charge is 0.257 e. The summed E-state index contributed by atoms with van der Waals surface area (Å²) in [6, 6.07) is 13.4. The molecule has 6 heteroatoms. The van der Waals surface area contributed by atoms with Gasteiger partial charge in [0, 0.05) is 10.5 Å². The molecule has 3 aromatic rings. The lowest BCUT2D eigenvalue weighted by Crippen LogP contribution is -2.11. The van der Waals surface area contributed by atoms with E-state index in [1.165, 1.54) is 29.1 Å². The molecular weight excluding hydrogens is 364 g/mol. The van der Waals surface area contributed by atoms with E-state index in [9.17, 15) is 4.79 Å². The van der Waals surface area contributed by atoms with Crippen molar-refractivity contribution in [3.63, 3.8) is 0 Å². The number of hydrogen-bond acceptors (Lipinski definition) is 5. The van der Waals surface area contributed by atoms with Gasteiger partial charge in [0.25, 0.3) is 5.91 Å². The fourth-order valence-electron chi connectivity index (χ4n) is 2.50. The number of rotatable bonds is 8. The van der Waals surface area contributed by atoms with Crippen molar-refractivity contribution in [2.45, 2.75) is 31.1 Å². The molecule has 1 N–H and O–H groups in total. The summed E-state index contributed by atoms with van der Waals surface area (Å²) >= 11 is 3.18. The zero-order valence-corrected chi connectivity index (χ0v) is 16.6. The van der Waals surface area contributed by atoms with Crippen LogP contribution in [0.15, 0.2) is 47.4 Å². The molecule has 0 radical (unpaired) electrons. The number of ether oxygens (including phenoxy) is 1. The van der Waals surface area contributed by atoms with Gasteiger partial charge in [0.2, 0.25) is 0 Å². The van der Waals surface area contributed by atoms with E-state index in [-0.39, 0.29) is 5.91 Å². The number of nitrogens with zero attached hydrogens (tertiary/aromatic N) is 1. The molecule has 0 bridgehead atoms. The van der Waals surface area contributed by atoms with Crippen molar-refractivity contribution in [2.75, 3.05) is 18.2 Å². The Morgan fingerprint density at radius 3 is 2.73 bits per heavy atom. The van der Waals surface area contributed by atoms with Gasteiger partial charge in [0.15, 0.2) is 5.13 Å². The summed E-state index contributed by atoms with van der Waals surface area (Å²) in [7, 11) is 0.